The van der Waals surface area contributed by atoms with Gasteiger partial charge in [-0.1, -0.05) is 0 Å². The first-order valence-electron chi connectivity index (χ1n) is 3.58. The maximum absolute atomic E-state index is 12.7. The Hall–Kier alpha value is -0.770. The minimum absolute atomic E-state index is 1.01. The van der Waals surface area contributed by atoms with Crippen LogP contribution in [0, 0.1) is 0 Å². The van der Waals surface area contributed by atoms with Crippen molar-refractivity contribution in [1.82, 2.24) is 0 Å². The lowest BCUT2D eigenvalue weighted by atomic mass is 9.89. The van der Waals surface area contributed by atoms with Crippen LogP contribution in [0.25, 0.3) is 0 Å². The Morgan fingerprint density at radius 2 is 0.824 bits per heavy atom. The maximum Gasteiger partial charge on any atom is 0.457 e. The number of hydrogen-bond donors (Lipinski definition) is 0. The van der Waals surface area contributed by atoms with Gasteiger partial charge in [-0.05, 0) is 0 Å². The van der Waals surface area contributed by atoms with Crippen LogP contribution < -0.4 is 0 Å². The molecule has 0 fully saturated rings. The van der Waals surface area contributed by atoms with E-state index in [1.165, 1.54) is 0 Å². The lowest BCUT2D eigenvalue weighted by Crippen LogP contribution is -2.69. The summed E-state index contributed by atoms with van der Waals surface area (Å²) in [5.74, 6) is -13.3. The molecule has 0 aromatic rings. The van der Waals surface area contributed by atoms with Crippen molar-refractivity contribution in [1.29, 1.82) is 0 Å². The molecule has 0 amide bonds. The first kappa shape index (κ1) is 16.2. The molecule has 0 aliphatic carbocycles. The zero-order chi connectivity index (χ0) is 14.5. The molecule has 0 spiro atoms. The van der Waals surface area contributed by atoms with E-state index < -0.39 is 36.8 Å². The van der Waals surface area contributed by atoms with E-state index in [2.05, 4.69) is 0 Å². The molecule has 17 heavy (non-hydrogen) atoms. The number of hydrogen-bond acceptors (Lipinski definition) is 0. The Morgan fingerprint density at radius 3 is 0.882 bits per heavy atom. The molecule has 0 rings (SSSR count). The average molecular weight is 284 g/mol. The lowest BCUT2D eigenvalue weighted by molar-refractivity contribution is -0.420. The Labute approximate surface area is 86.4 Å². The van der Waals surface area contributed by atoms with E-state index in [0.717, 1.165) is 0 Å². The first-order chi connectivity index (χ1) is 7.00. The molecule has 0 aromatic heterocycles. The number of halogens is 11. The van der Waals surface area contributed by atoms with Crippen LogP contribution in [0.15, 0.2) is 0 Å². The van der Waals surface area contributed by atoms with Crippen molar-refractivity contribution >= 4 is 0 Å². The van der Waals surface area contributed by atoms with E-state index in [-0.39, 0.29) is 0 Å². The van der Waals surface area contributed by atoms with Crippen LogP contribution in [0.4, 0.5) is 48.3 Å². The van der Waals surface area contributed by atoms with Crippen LogP contribution in [0.5, 0.6) is 0 Å². The molecule has 0 aliphatic rings. The maximum atomic E-state index is 12.7. The van der Waals surface area contributed by atoms with Crippen LogP contribution in [0.1, 0.15) is 6.92 Å². The fraction of sp³-hybridized carbons (Fsp3) is 1.00. The highest BCUT2D eigenvalue weighted by Gasteiger charge is 2.88. The molecule has 0 bridgehead atoms. The van der Waals surface area contributed by atoms with E-state index in [9.17, 15) is 48.3 Å². The monoisotopic (exact) mass is 284 g/mol. The third-order valence-corrected chi connectivity index (χ3v) is 1.78. The van der Waals surface area contributed by atoms with Gasteiger partial charge in [0.2, 0.25) is 0 Å². The summed E-state index contributed by atoms with van der Waals surface area (Å²) < 4.78 is 132. The minimum atomic E-state index is -7.28. The van der Waals surface area contributed by atoms with Crippen LogP contribution in [0.3, 0.4) is 0 Å². The molecule has 1 unspecified atom stereocenters. The highest BCUT2D eigenvalue weighted by Crippen LogP contribution is 2.58. The lowest BCUT2D eigenvalue weighted by Gasteiger charge is -2.38. The molecule has 0 N–H and O–H groups in total. The van der Waals surface area contributed by atoms with Gasteiger partial charge >= 0.3 is 23.9 Å². The van der Waals surface area contributed by atoms with Crippen LogP contribution >= 0.6 is 0 Å². The van der Waals surface area contributed by atoms with Crippen molar-refractivity contribution in [3.8, 4) is 0 Å². The molecule has 0 radical (unpaired) electrons. The van der Waals surface area contributed by atoms with E-state index in [4.69, 9.17) is 0 Å². The summed E-state index contributed by atoms with van der Waals surface area (Å²) in [6, 6.07) is 0. The molecule has 0 nitrogen and oxygen atoms in total. The van der Waals surface area contributed by atoms with Gasteiger partial charge in [-0.2, -0.15) is 35.1 Å². The molecule has 0 saturated carbocycles. The number of rotatable bonds is 2. The van der Waals surface area contributed by atoms with E-state index >= 15 is 0 Å². The zero-order valence-corrected chi connectivity index (χ0v) is 7.66. The summed E-state index contributed by atoms with van der Waals surface area (Å²) >= 11 is 0. The second-order valence-corrected chi connectivity index (χ2v) is 3.12. The predicted molar refractivity (Wildman–Crippen MR) is 31.5 cm³/mol. The van der Waals surface area contributed by atoms with E-state index in [1.807, 2.05) is 0 Å². The molecule has 0 heterocycles. The average Bonchev–Trinajstić information content (AvgIpc) is 1.95. The van der Waals surface area contributed by atoms with Gasteiger partial charge in [-0.15, -0.1) is 0 Å². The van der Waals surface area contributed by atoms with Gasteiger partial charge in [0, 0.05) is 6.92 Å². The van der Waals surface area contributed by atoms with Crippen molar-refractivity contribution in [2.24, 2.45) is 0 Å². The molecule has 0 aliphatic heterocycles. The second-order valence-electron chi connectivity index (χ2n) is 3.12. The van der Waals surface area contributed by atoms with Crippen LogP contribution in [-0.2, 0) is 0 Å². The highest BCUT2D eigenvalue weighted by molar-refractivity contribution is 5.10. The van der Waals surface area contributed by atoms with Gasteiger partial charge in [0.05, 0.1) is 0 Å². The Morgan fingerprint density at radius 1 is 0.529 bits per heavy atom. The van der Waals surface area contributed by atoms with Crippen molar-refractivity contribution < 1.29 is 48.3 Å². The molecule has 1 atom stereocenters. The number of alkyl halides is 11. The highest BCUT2D eigenvalue weighted by atomic mass is 19.4. The first-order valence-corrected chi connectivity index (χ1v) is 3.58. The minimum Gasteiger partial charge on any atom is -0.220 e. The third kappa shape index (κ3) is 2.15. The van der Waals surface area contributed by atoms with Gasteiger partial charge in [-0.3, -0.25) is 0 Å². The molecule has 104 valence electrons. The van der Waals surface area contributed by atoms with Gasteiger partial charge in [-0.25, -0.2) is 13.2 Å². The van der Waals surface area contributed by atoms with Gasteiger partial charge in [0.15, 0.2) is 0 Å². The fourth-order valence-corrected chi connectivity index (χ4v) is 0.898. The van der Waals surface area contributed by atoms with Crippen molar-refractivity contribution in [3.63, 3.8) is 0 Å². The van der Waals surface area contributed by atoms with Crippen molar-refractivity contribution in [2.45, 2.75) is 36.8 Å². The van der Waals surface area contributed by atoms with E-state index in [0.29, 0.717) is 0 Å². The largest absolute Gasteiger partial charge is 0.457 e. The fourth-order valence-electron chi connectivity index (χ4n) is 0.898. The van der Waals surface area contributed by atoms with Crippen LogP contribution in [0.2, 0.25) is 0 Å². The molecular formula is C6H3F11. The normalized spacial score (nSPS) is 19.1. The predicted octanol–water partition coefficient (Wildman–Crippen LogP) is 4.11. The summed E-state index contributed by atoms with van der Waals surface area (Å²) in [5, 5.41) is 0. The SMILES string of the molecule is CC(F)(F)C(F)(C(F)(F)F)C(F)(F)C(F)(F)F. The molecule has 0 saturated heterocycles. The van der Waals surface area contributed by atoms with Crippen LogP contribution in [-0.4, -0.2) is 29.9 Å². The Balaban J connectivity index is 6.04. The second kappa shape index (κ2) is 3.61. The summed E-state index contributed by atoms with van der Waals surface area (Å²) in [6.07, 6.45) is -14.2. The van der Waals surface area contributed by atoms with Gasteiger partial charge in [0.1, 0.15) is 0 Å². The molecule has 0 aromatic carbocycles. The molecular weight excluding hydrogens is 281 g/mol. The van der Waals surface area contributed by atoms with Gasteiger partial charge < -0.3 is 0 Å². The smallest absolute Gasteiger partial charge is 0.220 e. The summed E-state index contributed by atoms with van der Waals surface area (Å²) in [6.45, 7) is -1.01. The standard InChI is InChI=1S/C6H3F11/c1-2(7,8)3(9,5(12,13)14)4(10,11)6(15,16)17/h1H3. The van der Waals surface area contributed by atoms with Crippen molar-refractivity contribution in [2.75, 3.05) is 0 Å². The van der Waals surface area contributed by atoms with E-state index in [1.54, 1.807) is 0 Å². The summed E-state index contributed by atoms with van der Waals surface area (Å²) in [4.78, 5) is 0. The quantitative estimate of drug-likeness (QED) is 0.669. The Kier molecular flexibility index (Phi) is 3.45. The Bertz CT molecular complexity index is 262. The van der Waals surface area contributed by atoms with Crippen molar-refractivity contribution in [3.05, 3.63) is 0 Å². The summed E-state index contributed by atoms with van der Waals surface area (Å²) in [5.41, 5.74) is -7.04. The molecule has 11 heteroatoms. The third-order valence-electron chi connectivity index (χ3n) is 1.78. The topological polar surface area (TPSA) is 0 Å². The van der Waals surface area contributed by atoms with Gasteiger partial charge in [0.25, 0.3) is 5.92 Å². The zero-order valence-electron chi connectivity index (χ0n) is 7.66. The summed E-state index contributed by atoms with van der Waals surface area (Å²) in [7, 11) is 0.